The van der Waals surface area contributed by atoms with Crippen LogP contribution in [0.3, 0.4) is 0 Å². The van der Waals surface area contributed by atoms with Crippen molar-refractivity contribution in [2.45, 2.75) is 10.6 Å². The Morgan fingerprint density at radius 2 is 1.55 bits per heavy atom. The second-order valence-corrected chi connectivity index (χ2v) is 10.8. The smallest absolute Gasteiger partial charge is 0.255 e. The van der Waals surface area contributed by atoms with Gasteiger partial charge in [-0.05, 0) is 42.0 Å². The van der Waals surface area contributed by atoms with E-state index in [4.69, 9.17) is 4.74 Å². The number of sulfone groups is 1. The minimum Gasteiger partial charge on any atom is -0.379 e. The van der Waals surface area contributed by atoms with E-state index in [1.54, 1.807) is 24.3 Å². The van der Waals surface area contributed by atoms with Crippen molar-refractivity contribution in [3.63, 3.8) is 0 Å². The van der Waals surface area contributed by atoms with E-state index in [-0.39, 0.29) is 16.6 Å². The molecule has 0 atom stereocenters. The van der Waals surface area contributed by atoms with E-state index in [9.17, 15) is 21.6 Å². The minimum absolute atomic E-state index is 0.0893. The summed E-state index contributed by atoms with van der Waals surface area (Å²) in [5.74, 6) is -0.465. The highest BCUT2D eigenvalue weighted by atomic mass is 32.2. The number of hydrogen-bond donors (Lipinski definition) is 1. The molecule has 0 unspecified atom stereocenters. The van der Waals surface area contributed by atoms with Crippen molar-refractivity contribution in [2.24, 2.45) is 0 Å². The molecule has 0 spiro atoms. The van der Waals surface area contributed by atoms with Gasteiger partial charge in [-0.3, -0.25) is 4.79 Å². The third-order valence-corrected chi connectivity index (χ3v) is 7.14. The zero-order chi connectivity index (χ0) is 21.1. The second-order valence-electron chi connectivity index (χ2n) is 6.76. The standard InChI is InChI=1S/C19H22N2O6S2/c1-28(23,24)14-15-2-4-16(5-3-15)19(22)20-17-6-8-18(9-7-17)29(25,26)21-10-12-27-13-11-21/h2-9H,10-14H2,1H3,(H,20,22). The van der Waals surface area contributed by atoms with Gasteiger partial charge in [-0.15, -0.1) is 0 Å². The molecule has 0 bridgehead atoms. The zero-order valence-corrected chi connectivity index (χ0v) is 17.5. The number of sulfonamides is 1. The molecule has 0 aromatic heterocycles. The summed E-state index contributed by atoms with van der Waals surface area (Å²) in [7, 11) is -6.73. The Labute approximate surface area is 170 Å². The first kappa shape index (κ1) is 21.4. The van der Waals surface area contributed by atoms with E-state index in [0.29, 0.717) is 43.1 Å². The van der Waals surface area contributed by atoms with Crippen molar-refractivity contribution >= 4 is 31.5 Å². The van der Waals surface area contributed by atoms with Crippen LogP contribution in [0.2, 0.25) is 0 Å². The zero-order valence-electron chi connectivity index (χ0n) is 15.9. The summed E-state index contributed by atoms with van der Waals surface area (Å²) < 4.78 is 54.4. The summed E-state index contributed by atoms with van der Waals surface area (Å²) in [5.41, 5.74) is 1.42. The van der Waals surface area contributed by atoms with Crippen LogP contribution < -0.4 is 5.32 Å². The fourth-order valence-electron chi connectivity index (χ4n) is 2.90. The number of rotatable bonds is 6. The molecule has 29 heavy (non-hydrogen) atoms. The van der Waals surface area contributed by atoms with E-state index >= 15 is 0 Å². The first-order valence-electron chi connectivity index (χ1n) is 8.91. The second kappa shape index (κ2) is 8.62. The topological polar surface area (TPSA) is 110 Å². The van der Waals surface area contributed by atoms with Crippen LogP contribution in [-0.2, 0) is 30.4 Å². The number of carbonyl (C=O) groups is 1. The molecular formula is C19H22N2O6S2. The van der Waals surface area contributed by atoms with Gasteiger partial charge in [-0.2, -0.15) is 4.31 Å². The lowest BCUT2D eigenvalue weighted by molar-refractivity contribution is 0.0730. The molecule has 1 aliphatic rings. The number of amides is 1. The monoisotopic (exact) mass is 438 g/mol. The lowest BCUT2D eigenvalue weighted by Crippen LogP contribution is -2.40. The summed E-state index contributed by atoms with van der Waals surface area (Å²) in [6.07, 6.45) is 1.15. The maximum Gasteiger partial charge on any atom is 0.255 e. The van der Waals surface area contributed by atoms with Gasteiger partial charge in [-0.25, -0.2) is 16.8 Å². The van der Waals surface area contributed by atoms with Crippen LogP contribution >= 0.6 is 0 Å². The molecule has 3 rings (SSSR count). The van der Waals surface area contributed by atoms with Gasteiger partial charge in [0.2, 0.25) is 10.0 Å². The minimum atomic E-state index is -3.59. The number of carbonyl (C=O) groups excluding carboxylic acids is 1. The van der Waals surface area contributed by atoms with Gasteiger partial charge in [-0.1, -0.05) is 12.1 Å². The first-order chi connectivity index (χ1) is 13.6. The maximum absolute atomic E-state index is 12.6. The summed E-state index contributed by atoms with van der Waals surface area (Å²) >= 11 is 0. The average Bonchev–Trinajstić information content (AvgIpc) is 2.68. The lowest BCUT2D eigenvalue weighted by Gasteiger charge is -2.26. The van der Waals surface area contributed by atoms with E-state index in [2.05, 4.69) is 5.32 Å². The number of anilines is 1. The van der Waals surface area contributed by atoms with Gasteiger partial charge in [0.1, 0.15) is 0 Å². The molecule has 8 nitrogen and oxygen atoms in total. The van der Waals surface area contributed by atoms with Crippen LogP contribution in [0.25, 0.3) is 0 Å². The third-order valence-electron chi connectivity index (χ3n) is 4.36. The SMILES string of the molecule is CS(=O)(=O)Cc1ccc(C(=O)Nc2ccc(S(=O)(=O)N3CCOCC3)cc2)cc1. The van der Waals surface area contributed by atoms with Crippen LogP contribution in [0.15, 0.2) is 53.4 Å². The maximum atomic E-state index is 12.6. The van der Waals surface area contributed by atoms with Gasteiger partial charge in [0.25, 0.3) is 5.91 Å². The van der Waals surface area contributed by atoms with E-state index in [0.717, 1.165) is 6.26 Å². The van der Waals surface area contributed by atoms with E-state index in [1.807, 2.05) is 0 Å². The summed E-state index contributed by atoms with van der Waals surface area (Å²) in [6.45, 7) is 1.37. The predicted molar refractivity (Wildman–Crippen MR) is 109 cm³/mol. The summed E-state index contributed by atoms with van der Waals surface area (Å²) in [6, 6.07) is 12.2. The Kier molecular flexibility index (Phi) is 6.37. The van der Waals surface area contributed by atoms with Gasteiger partial charge in [0, 0.05) is 30.6 Å². The summed E-state index contributed by atoms with van der Waals surface area (Å²) in [4.78, 5) is 12.5. The van der Waals surface area contributed by atoms with Crippen molar-refractivity contribution < 1.29 is 26.4 Å². The molecule has 1 amide bonds. The van der Waals surface area contributed by atoms with Gasteiger partial charge in [0.15, 0.2) is 9.84 Å². The molecule has 1 fully saturated rings. The van der Waals surface area contributed by atoms with Crippen molar-refractivity contribution in [3.8, 4) is 0 Å². The highest BCUT2D eigenvalue weighted by Crippen LogP contribution is 2.20. The molecule has 10 heteroatoms. The molecule has 0 saturated carbocycles. The van der Waals surface area contributed by atoms with Crippen molar-refractivity contribution in [2.75, 3.05) is 37.9 Å². The number of ether oxygens (including phenoxy) is 1. The van der Waals surface area contributed by atoms with Crippen LogP contribution in [0.5, 0.6) is 0 Å². The molecule has 0 radical (unpaired) electrons. The number of hydrogen-bond acceptors (Lipinski definition) is 6. The molecule has 0 aliphatic carbocycles. The van der Waals surface area contributed by atoms with Crippen molar-refractivity contribution in [3.05, 3.63) is 59.7 Å². The van der Waals surface area contributed by atoms with E-state index < -0.39 is 19.9 Å². The number of nitrogens with zero attached hydrogens (tertiary/aromatic N) is 1. The fourth-order valence-corrected chi connectivity index (χ4v) is 5.11. The Hall–Kier alpha value is -2.27. The highest BCUT2D eigenvalue weighted by Gasteiger charge is 2.26. The number of morpholine rings is 1. The molecule has 2 aromatic rings. The Morgan fingerprint density at radius 1 is 0.966 bits per heavy atom. The first-order valence-corrected chi connectivity index (χ1v) is 12.4. The predicted octanol–water partition coefficient (Wildman–Crippen LogP) is 1.50. The van der Waals surface area contributed by atoms with Gasteiger partial charge < -0.3 is 10.1 Å². The van der Waals surface area contributed by atoms with Crippen molar-refractivity contribution in [1.29, 1.82) is 0 Å². The molecule has 1 N–H and O–H groups in total. The third kappa shape index (κ3) is 5.63. The van der Waals surface area contributed by atoms with Gasteiger partial charge in [0.05, 0.1) is 23.9 Å². The van der Waals surface area contributed by atoms with Crippen LogP contribution in [0, 0.1) is 0 Å². The number of nitrogens with one attached hydrogen (secondary N) is 1. The lowest BCUT2D eigenvalue weighted by atomic mass is 10.1. The fraction of sp³-hybridized carbons (Fsp3) is 0.316. The normalized spacial score (nSPS) is 15.8. The Balaban J connectivity index is 1.67. The number of benzene rings is 2. The van der Waals surface area contributed by atoms with Crippen LogP contribution in [0.4, 0.5) is 5.69 Å². The van der Waals surface area contributed by atoms with E-state index in [1.165, 1.54) is 28.6 Å². The molecule has 2 aromatic carbocycles. The molecule has 1 aliphatic heterocycles. The molecule has 1 saturated heterocycles. The average molecular weight is 439 g/mol. The van der Waals surface area contributed by atoms with Crippen LogP contribution in [-0.4, -0.2) is 59.6 Å². The Morgan fingerprint density at radius 3 is 2.10 bits per heavy atom. The van der Waals surface area contributed by atoms with Crippen LogP contribution in [0.1, 0.15) is 15.9 Å². The molecule has 156 valence electrons. The largest absolute Gasteiger partial charge is 0.379 e. The van der Waals surface area contributed by atoms with Crippen molar-refractivity contribution in [1.82, 2.24) is 4.31 Å². The highest BCUT2D eigenvalue weighted by molar-refractivity contribution is 7.90. The van der Waals surface area contributed by atoms with Gasteiger partial charge >= 0.3 is 0 Å². The summed E-state index contributed by atoms with van der Waals surface area (Å²) in [5, 5.41) is 2.70. The molecular weight excluding hydrogens is 416 g/mol. The Bertz CT molecular complexity index is 1070. The quantitative estimate of drug-likeness (QED) is 0.732. The molecule has 1 heterocycles.